The Bertz CT molecular complexity index is 582. The molecule has 0 aliphatic carbocycles. The zero-order chi connectivity index (χ0) is 14.3. The van der Waals surface area contributed by atoms with E-state index in [2.05, 4.69) is 16.6 Å². The number of aliphatic hydroxyl groups is 1. The van der Waals surface area contributed by atoms with Gasteiger partial charge in [0, 0.05) is 12.0 Å². The number of anilines is 1. The van der Waals surface area contributed by atoms with Crippen molar-refractivity contribution in [3.63, 3.8) is 0 Å². The van der Waals surface area contributed by atoms with Crippen LogP contribution >= 0.6 is 0 Å². The van der Waals surface area contributed by atoms with Gasteiger partial charge in [0.2, 0.25) is 10.0 Å². The van der Waals surface area contributed by atoms with Crippen molar-refractivity contribution in [1.29, 1.82) is 0 Å². The first-order chi connectivity index (χ1) is 8.98. The molecule has 0 spiro atoms. The van der Waals surface area contributed by atoms with Crippen molar-refractivity contribution in [2.24, 2.45) is 0 Å². The van der Waals surface area contributed by atoms with Crippen molar-refractivity contribution in [3.8, 4) is 11.8 Å². The van der Waals surface area contributed by atoms with Crippen molar-refractivity contribution >= 4 is 15.7 Å². The van der Waals surface area contributed by atoms with Crippen molar-refractivity contribution in [2.75, 3.05) is 17.1 Å². The number of nitrogens with one attached hydrogen (secondary N) is 1. The van der Waals surface area contributed by atoms with Gasteiger partial charge in [-0.1, -0.05) is 18.8 Å². The summed E-state index contributed by atoms with van der Waals surface area (Å²) >= 11 is 0. The number of benzene rings is 1. The number of hydrogen-bond acceptors (Lipinski definition) is 3. The van der Waals surface area contributed by atoms with Crippen LogP contribution in [0.15, 0.2) is 18.2 Å². The molecule has 2 N–H and O–H groups in total. The third-order valence-electron chi connectivity index (χ3n) is 2.43. The highest BCUT2D eigenvalue weighted by Gasteiger charge is 2.10. The van der Waals surface area contributed by atoms with E-state index in [1.54, 1.807) is 12.1 Å². The predicted molar refractivity (Wildman–Crippen MR) is 77.5 cm³/mol. The predicted octanol–water partition coefficient (Wildman–Crippen LogP) is 1.88. The lowest BCUT2D eigenvalue weighted by molar-refractivity contribution is 0.305. The van der Waals surface area contributed by atoms with Gasteiger partial charge in [-0.3, -0.25) is 4.72 Å². The van der Waals surface area contributed by atoms with Crippen LogP contribution in [-0.2, 0) is 10.0 Å². The zero-order valence-electron chi connectivity index (χ0n) is 11.2. The Morgan fingerprint density at radius 1 is 1.37 bits per heavy atom. The Labute approximate surface area is 114 Å². The topological polar surface area (TPSA) is 66.4 Å². The summed E-state index contributed by atoms with van der Waals surface area (Å²) < 4.78 is 25.9. The van der Waals surface area contributed by atoms with Crippen LogP contribution in [0, 0.1) is 18.8 Å². The first kappa shape index (κ1) is 15.5. The maximum Gasteiger partial charge on any atom is 0.232 e. The number of hydrogen-bond donors (Lipinski definition) is 2. The lowest BCUT2D eigenvalue weighted by atomic mass is 10.1. The zero-order valence-corrected chi connectivity index (χ0v) is 12.0. The fourth-order valence-electron chi connectivity index (χ4n) is 1.56. The van der Waals surface area contributed by atoms with Gasteiger partial charge in [-0.25, -0.2) is 8.42 Å². The first-order valence-electron chi connectivity index (χ1n) is 6.19. The van der Waals surface area contributed by atoms with E-state index in [0.717, 1.165) is 11.1 Å². The van der Waals surface area contributed by atoms with Gasteiger partial charge in [0.1, 0.15) is 0 Å². The molecule has 0 heterocycles. The van der Waals surface area contributed by atoms with Crippen molar-refractivity contribution in [3.05, 3.63) is 29.3 Å². The van der Waals surface area contributed by atoms with E-state index in [0.29, 0.717) is 18.5 Å². The molecule has 1 aromatic carbocycles. The lowest BCUT2D eigenvalue weighted by Crippen LogP contribution is -2.16. The molecule has 0 aliphatic heterocycles. The molecule has 0 radical (unpaired) electrons. The highest BCUT2D eigenvalue weighted by Crippen LogP contribution is 2.17. The Morgan fingerprint density at radius 2 is 2.11 bits per heavy atom. The summed E-state index contributed by atoms with van der Waals surface area (Å²) in [6.45, 7) is 3.70. The van der Waals surface area contributed by atoms with Crippen LogP contribution in [0.25, 0.3) is 0 Å². The van der Waals surface area contributed by atoms with E-state index in [-0.39, 0.29) is 12.4 Å². The Morgan fingerprint density at radius 3 is 2.68 bits per heavy atom. The molecule has 0 saturated heterocycles. The number of aryl methyl sites for hydroxylation is 1. The molecule has 0 fully saturated rings. The molecule has 0 aliphatic rings. The molecule has 4 nitrogen and oxygen atoms in total. The molecule has 1 aromatic rings. The summed E-state index contributed by atoms with van der Waals surface area (Å²) in [7, 11) is -3.26. The minimum absolute atomic E-state index is 0.0425. The van der Waals surface area contributed by atoms with Crippen molar-refractivity contribution in [2.45, 2.75) is 26.7 Å². The smallest absolute Gasteiger partial charge is 0.232 e. The van der Waals surface area contributed by atoms with Crippen LogP contribution in [0.1, 0.15) is 30.9 Å². The average molecular weight is 281 g/mol. The van der Waals surface area contributed by atoms with Gasteiger partial charge in [0.15, 0.2) is 0 Å². The second-order valence-corrected chi connectivity index (χ2v) is 6.07. The maximum atomic E-state index is 11.7. The molecule has 0 atom stereocenters. The van der Waals surface area contributed by atoms with Crippen LogP contribution in [-0.4, -0.2) is 25.9 Å². The van der Waals surface area contributed by atoms with Gasteiger partial charge in [-0.05, 0) is 37.1 Å². The molecule has 1 rings (SSSR count). The van der Waals surface area contributed by atoms with E-state index >= 15 is 0 Å². The summed E-state index contributed by atoms with van der Waals surface area (Å²) in [5.41, 5.74) is 2.22. The molecule has 19 heavy (non-hydrogen) atoms. The number of rotatable bonds is 5. The molecule has 5 heteroatoms. The third kappa shape index (κ3) is 5.33. The molecule has 104 valence electrons. The van der Waals surface area contributed by atoms with E-state index < -0.39 is 10.0 Å². The molecule has 0 amide bonds. The van der Waals surface area contributed by atoms with Crippen molar-refractivity contribution < 1.29 is 13.5 Å². The number of sulfonamides is 1. The van der Waals surface area contributed by atoms with Crippen LogP contribution in [0.5, 0.6) is 0 Å². The standard InChI is InChI=1S/C14H19NO3S/c1-3-10-19(17,18)15-14-8-7-13(11-12(14)2)6-4-5-9-16/h7-8,11,15-16H,3,5,9-10H2,1-2H3. The maximum absolute atomic E-state index is 11.7. The van der Waals surface area contributed by atoms with Crippen LogP contribution < -0.4 is 4.72 Å². The van der Waals surface area contributed by atoms with E-state index in [9.17, 15) is 8.42 Å². The third-order valence-corrected chi connectivity index (χ3v) is 3.91. The highest BCUT2D eigenvalue weighted by molar-refractivity contribution is 7.92. The lowest BCUT2D eigenvalue weighted by Gasteiger charge is -2.10. The molecular weight excluding hydrogens is 262 g/mol. The second kappa shape index (κ2) is 7.17. The van der Waals surface area contributed by atoms with Gasteiger partial charge >= 0.3 is 0 Å². The Hall–Kier alpha value is -1.51. The fraction of sp³-hybridized carbons (Fsp3) is 0.429. The SMILES string of the molecule is CCCS(=O)(=O)Nc1ccc(C#CCCO)cc1C. The normalized spacial score (nSPS) is 10.7. The van der Waals surface area contributed by atoms with Crippen LogP contribution in [0.3, 0.4) is 0 Å². The summed E-state index contributed by atoms with van der Waals surface area (Å²) in [6, 6.07) is 5.31. The summed E-state index contributed by atoms with van der Waals surface area (Å²) in [4.78, 5) is 0. The Kier molecular flexibility index (Phi) is 5.87. The summed E-state index contributed by atoms with van der Waals surface area (Å²) in [6.07, 6.45) is 1.02. The van der Waals surface area contributed by atoms with Gasteiger partial charge in [0.25, 0.3) is 0 Å². The fourth-order valence-corrected chi connectivity index (χ4v) is 2.77. The van der Waals surface area contributed by atoms with Gasteiger partial charge < -0.3 is 5.11 Å². The van der Waals surface area contributed by atoms with Crippen molar-refractivity contribution in [1.82, 2.24) is 0 Å². The number of aliphatic hydroxyl groups excluding tert-OH is 1. The van der Waals surface area contributed by atoms with E-state index in [1.165, 1.54) is 0 Å². The molecule has 0 bridgehead atoms. The summed E-state index contributed by atoms with van der Waals surface area (Å²) in [5, 5.41) is 8.64. The second-order valence-electron chi connectivity index (χ2n) is 4.23. The summed E-state index contributed by atoms with van der Waals surface area (Å²) in [5.74, 6) is 5.86. The van der Waals surface area contributed by atoms with E-state index in [1.807, 2.05) is 19.9 Å². The Balaban J connectivity index is 2.87. The molecule has 0 saturated carbocycles. The molecule has 0 unspecified atom stereocenters. The van der Waals surface area contributed by atoms with Gasteiger partial charge in [-0.2, -0.15) is 0 Å². The van der Waals surface area contributed by atoms with Gasteiger partial charge in [-0.15, -0.1) is 0 Å². The minimum atomic E-state index is -3.26. The molecule has 0 aromatic heterocycles. The largest absolute Gasteiger partial charge is 0.395 e. The quantitative estimate of drug-likeness (QED) is 0.810. The highest BCUT2D eigenvalue weighted by atomic mass is 32.2. The van der Waals surface area contributed by atoms with E-state index in [4.69, 9.17) is 5.11 Å². The molecular formula is C14H19NO3S. The first-order valence-corrected chi connectivity index (χ1v) is 7.84. The minimum Gasteiger partial charge on any atom is -0.395 e. The van der Waals surface area contributed by atoms with Crippen LogP contribution in [0.4, 0.5) is 5.69 Å². The monoisotopic (exact) mass is 281 g/mol. The average Bonchev–Trinajstić information content (AvgIpc) is 2.32. The van der Waals surface area contributed by atoms with Crippen LogP contribution in [0.2, 0.25) is 0 Å². The van der Waals surface area contributed by atoms with Gasteiger partial charge in [0.05, 0.1) is 18.0 Å².